The van der Waals surface area contributed by atoms with Crippen LogP contribution >= 0.6 is 11.6 Å². The van der Waals surface area contributed by atoms with Crippen LogP contribution < -0.4 is 15.4 Å². The zero-order valence-electron chi connectivity index (χ0n) is 18.4. The maximum Gasteiger partial charge on any atom is 0.325 e. The van der Waals surface area contributed by atoms with Crippen molar-refractivity contribution in [1.29, 1.82) is 0 Å². The number of amides is 4. The molecule has 172 valence electrons. The summed E-state index contributed by atoms with van der Waals surface area (Å²) in [6.07, 6.45) is 0.369. The molecule has 8 heteroatoms. The number of nitrogens with zero attached hydrogens (tertiary/aromatic N) is 1. The molecule has 1 saturated heterocycles. The number of hydrogen-bond acceptors (Lipinski definition) is 4. The van der Waals surface area contributed by atoms with Gasteiger partial charge in [0.15, 0.2) is 5.54 Å². The summed E-state index contributed by atoms with van der Waals surface area (Å²) in [5.41, 5.74) is 2.28. The van der Waals surface area contributed by atoms with Crippen LogP contribution in [0.1, 0.15) is 33.5 Å². The van der Waals surface area contributed by atoms with Crippen molar-refractivity contribution in [3.8, 4) is 5.75 Å². The van der Waals surface area contributed by atoms with E-state index in [1.165, 1.54) is 4.90 Å². The molecule has 3 aromatic carbocycles. The van der Waals surface area contributed by atoms with Crippen LogP contribution in [0.15, 0.2) is 66.7 Å². The molecule has 2 aliphatic rings. The third kappa shape index (κ3) is 3.78. The van der Waals surface area contributed by atoms with E-state index >= 15 is 0 Å². The van der Waals surface area contributed by atoms with Crippen LogP contribution in [0.25, 0.3) is 0 Å². The molecule has 2 heterocycles. The molecule has 1 spiro atoms. The minimum atomic E-state index is -1.11. The zero-order valence-corrected chi connectivity index (χ0v) is 19.2. The smallest absolute Gasteiger partial charge is 0.325 e. The molecule has 1 fully saturated rings. The second-order valence-corrected chi connectivity index (χ2v) is 8.84. The molecule has 4 amide bonds. The highest BCUT2D eigenvalue weighted by Gasteiger charge is 2.54. The Bertz CT molecular complexity index is 1310. The molecule has 0 aliphatic carbocycles. The molecule has 0 saturated carbocycles. The zero-order chi connectivity index (χ0) is 23.9. The van der Waals surface area contributed by atoms with E-state index in [-0.39, 0.29) is 18.4 Å². The summed E-state index contributed by atoms with van der Waals surface area (Å²) in [6, 6.07) is 18.9. The number of anilines is 1. The fourth-order valence-corrected chi connectivity index (χ4v) is 4.50. The molecule has 2 aliphatic heterocycles. The fraction of sp³-hybridized carbons (Fsp3) is 0.192. The third-order valence-electron chi connectivity index (χ3n) is 6.23. The summed E-state index contributed by atoms with van der Waals surface area (Å²) in [4.78, 5) is 40.0. The molecule has 0 unspecified atom stereocenters. The number of aryl methyl sites for hydroxylation is 1. The van der Waals surface area contributed by atoms with Crippen molar-refractivity contribution < 1.29 is 19.1 Å². The first-order valence-electron chi connectivity index (χ1n) is 10.9. The Morgan fingerprint density at radius 2 is 1.88 bits per heavy atom. The maximum absolute atomic E-state index is 13.4. The summed E-state index contributed by atoms with van der Waals surface area (Å²) < 4.78 is 5.67. The number of urea groups is 1. The molecule has 5 rings (SSSR count). The molecule has 7 nitrogen and oxygen atoms in total. The first kappa shape index (κ1) is 22.0. The van der Waals surface area contributed by atoms with Gasteiger partial charge in [0.1, 0.15) is 5.75 Å². The summed E-state index contributed by atoms with van der Waals surface area (Å²) >= 11 is 6.04. The van der Waals surface area contributed by atoms with Crippen LogP contribution in [0, 0.1) is 6.92 Å². The largest absolute Gasteiger partial charge is 0.493 e. The lowest BCUT2D eigenvalue weighted by atomic mass is 9.84. The maximum atomic E-state index is 13.4. The highest BCUT2D eigenvalue weighted by molar-refractivity contribution is 6.31. The third-order valence-corrected chi connectivity index (χ3v) is 6.65. The number of para-hydroxylation sites is 1. The molecular formula is C26H22ClN3O4. The molecule has 3 aromatic rings. The van der Waals surface area contributed by atoms with Crippen molar-refractivity contribution in [1.82, 2.24) is 10.2 Å². The van der Waals surface area contributed by atoms with Gasteiger partial charge in [-0.2, -0.15) is 0 Å². The lowest BCUT2D eigenvalue weighted by Gasteiger charge is -2.33. The number of ether oxygens (including phenoxy) is 1. The van der Waals surface area contributed by atoms with Crippen LogP contribution in [0.3, 0.4) is 0 Å². The van der Waals surface area contributed by atoms with Gasteiger partial charge in [0.2, 0.25) is 0 Å². The van der Waals surface area contributed by atoms with Crippen molar-refractivity contribution in [3.63, 3.8) is 0 Å². The van der Waals surface area contributed by atoms with Crippen LogP contribution in [-0.4, -0.2) is 29.4 Å². The predicted molar refractivity (Wildman–Crippen MR) is 128 cm³/mol. The van der Waals surface area contributed by atoms with E-state index in [1.807, 2.05) is 25.1 Å². The van der Waals surface area contributed by atoms with Crippen LogP contribution in [-0.2, 0) is 16.9 Å². The number of fused-ring (bicyclic) bond motifs is 2. The van der Waals surface area contributed by atoms with Crippen molar-refractivity contribution in [2.45, 2.75) is 25.4 Å². The van der Waals surface area contributed by atoms with Gasteiger partial charge in [-0.25, -0.2) is 4.79 Å². The van der Waals surface area contributed by atoms with Gasteiger partial charge < -0.3 is 15.4 Å². The molecular weight excluding hydrogens is 454 g/mol. The number of halogens is 1. The summed E-state index contributed by atoms with van der Waals surface area (Å²) in [5, 5.41) is 6.37. The Kier molecular flexibility index (Phi) is 5.49. The van der Waals surface area contributed by atoms with Gasteiger partial charge >= 0.3 is 6.03 Å². The van der Waals surface area contributed by atoms with Crippen molar-refractivity contribution >= 4 is 35.1 Å². The van der Waals surface area contributed by atoms with E-state index in [0.717, 1.165) is 11.1 Å². The molecule has 34 heavy (non-hydrogen) atoms. The van der Waals surface area contributed by atoms with Gasteiger partial charge in [-0.15, -0.1) is 0 Å². The van der Waals surface area contributed by atoms with Gasteiger partial charge in [0, 0.05) is 28.3 Å². The van der Waals surface area contributed by atoms with E-state index in [9.17, 15) is 14.4 Å². The number of imide groups is 1. The number of carbonyl (C=O) groups excluding carboxylic acids is 3. The summed E-state index contributed by atoms with van der Waals surface area (Å²) in [7, 11) is 0. The van der Waals surface area contributed by atoms with E-state index in [2.05, 4.69) is 10.6 Å². The van der Waals surface area contributed by atoms with E-state index in [4.69, 9.17) is 16.3 Å². The Labute approximate surface area is 201 Å². The minimum absolute atomic E-state index is 0.105. The van der Waals surface area contributed by atoms with E-state index < -0.39 is 11.6 Å². The Balaban J connectivity index is 1.31. The Morgan fingerprint density at radius 1 is 1.12 bits per heavy atom. The average molecular weight is 476 g/mol. The number of hydrogen-bond donors (Lipinski definition) is 2. The Hall–Kier alpha value is -3.84. The first-order valence-corrected chi connectivity index (χ1v) is 11.3. The number of carbonyl (C=O) groups is 3. The van der Waals surface area contributed by atoms with Gasteiger partial charge in [0.25, 0.3) is 11.8 Å². The molecule has 0 radical (unpaired) electrons. The lowest BCUT2D eigenvalue weighted by molar-refractivity contribution is -0.133. The quantitative estimate of drug-likeness (QED) is 0.538. The summed E-state index contributed by atoms with van der Waals surface area (Å²) in [5.74, 6) is 0.0460. The number of nitrogens with one attached hydrogen (secondary N) is 2. The lowest BCUT2D eigenvalue weighted by Crippen LogP contribution is -2.47. The van der Waals surface area contributed by atoms with Crippen LogP contribution in [0.5, 0.6) is 5.75 Å². The van der Waals surface area contributed by atoms with E-state index in [0.29, 0.717) is 40.6 Å². The topological polar surface area (TPSA) is 87.7 Å². The minimum Gasteiger partial charge on any atom is -0.493 e. The SMILES string of the molecule is Cc1cc(NC(=O)c2ccc(CN3C(=O)N[C@@]4(CCOc5ccccc54)C3=O)cc2)ccc1Cl. The van der Waals surface area contributed by atoms with Crippen molar-refractivity contribution in [2.75, 3.05) is 11.9 Å². The van der Waals surface area contributed by atoms with Crippen LogP contribution in [0.2, 0.25) is 5.02 Å². The highest BCUT2D eigenvalue weighted by atomic mass is 35.5. The fourth-order valence-electron chi connectivity index (χ4n) is 4.39. The molecule has 2 N–H and O–H groups in total. The monoisotopic (exact) mass is 475 g/mol. The highest BCUT2D eigenvalue weighted by Crippen LogP contribution is 2.41. The average Bonchev–Trinajstić information content (AvgIpc) is 3.07. The Morgan fingerprint density at radius 3 is 2.65 bits per heavy atom. The van der Waals surface area contributed by atoms with Crippen molar-refractivity contribution in [3.05, 3.63) is 94.0 Å². The summed E-state index contributed by atoms with van der Waals surface area (Å²) in [6.45, 7) is 2.31. The van der Waals surface area contributed by atoms with Crippen molar-refractivity contribution in [2.24, 2.45) is 0 Å². The second-order valence-electron chi connectivity index (χ2n) is 8.44. The first-order chi connectivity index (χ1) is 16.4. The standard InChI is InChI=1S/C26H22ClN3O4/c1-16-14-19(10-11-21(16)27)28-23(31)18-8-6-17(7-9-18)15-30-24(32)26(29-25(30)33)12-13-34-22-5-3-2-4-20(22)26/h2-11,14H,12-13,15H2,1H3,(H,28,31)(H,29,33)/t26-/m1/s1. The van der Waals surface area contributed by atoms with E-state index in [1.54, 1.807) is 48.5 Å². The second kappa shape index (κ2) is 8.50. The van der Waals surface area contributed by atoms with Gasteiger partial charge in [-0.3, -0.25) is 14.5 Å². The predicted octanol–water partition coefficient (Wildman–Crippen LogP) is 4.63. The number of rotatable bonds is 4. The normalized spacial score (nSPS) is 18.9. The number of benzene rings is 3. The van der Waals surface area contributed by atoms with Gasteiger partial charge in [-0.05, 0) is 54.4 Å². The molecule has 0 bridgehead atoms. The van der Waals surface area contributed by atoms with Gasteiger partial charge in [0.05, 0.1) is 13.2 Å². The van der Waals surface area contributed by atoms with Gasteiger partial charge in [-0.1, -0.05) is 41.9 Å². The van der Waals surface area contributed by atoms with Crippen LogP contribution in [0.4, 0.5) is 10.5 Å². The molecule has 0 aromatic heterocycles. The molecule has 1 atom stereocenters.